The molecule has 74 valence electrons. The monoisotopic (exact) mass is 306 g/mol. The number of hydrogen-bond acceptors (Lipinski definition) is 3. The summed E-state index contributed by atoms with van der Waals surface area (Å²) in [6.07, 6.45) is 0. The van der Waals surface area contributed by atoms with Crippen molar-refractivity contribution in [2.24, 2.45) is 0 Å². The number of halogens is 1. The predicted molar refractivity (Wildman–Crippen MR) is 57.5 cm³/mol. The van der Waals surface area contributed by atoms with E-state index in [2.05, 4.69) is 4.74 Å². The molecular formula is C9H7IO4. The molecule has 0 aromatic heterocycles. The second kappa shape index (κ2) is 4.41. The van der Waals surface area contributed by atoms with Gasteiger partial charge in [0, 0.05) is 3.57 Å². The van der Waals surface area contributed by atoms with Crippen LogP contribution in [0.5, 0.6) is 0 Å². The van der Waals surface area contributed by atoms with Crippen molar-refractivity contribution in [1.82, 2.24) is 0 Å². The number of esters is 1. The van der Waals surface area contributed by atoms with Crippen molar-refractivity contribution in [3.63, 3.8) is 0 Å². The maximum Gasteiger partial charge on any atom is 0.338 e. The van der Waals surface area contributed by atoms with Crippen LogP contribution in [0, 0.1) is 3.57 Å². The highest BCUT2D eigenvalue weighted by Crippen LogP contribution is 2.17. The molecule has 0 atom stereocenters. The van der Waals surface area contributed by atoms with E-state index in [1.165, 1.54) is 13.2 Å². The van der Waals surface area contributed by atoms with Gasteiger partial charge in [-0.3, -0.25) is 0 Å². The molecule has 0 amide bonds. The lowest BCUT2D eigenvalue weighted by Gasteiger charge is -2.05. The van der Waals surface area contributed by atoms with Crippen LogP contribution in [0.15, 0.2) is 18.2 Å². The molecule has 5 heteroatoms. The summed E-state index contributed by atoms with van der Waals surface area (Å²) in [5.74, 6) is -1.77. The minimum absolute atomic E-state index is 0.0139. The molecule has 1 N–H and O–H groups in total. The van der Waals surface area contributed by atoms with Crippen molar-refractivity contribution in [2.45, 2.75) is 0 Å². The molecule has 14 heavy (non-hydrogen) atoms. The summed E-state index contributed by atoms with van der Waals surface area (Å²) in [5, 5.41) is 8.88. The van der Waals surface area contributed by atoms with Gasteiger partial charge in [0.05, 0.1) is 18.2 Å². The van der Waals surface area contributed by atoms with Crippen LogP contribution in [0.1, 0.15) is 20.7 Å². The fourth-order valence-electron chi connectivity index (χ4n) is 1.02. The zero-order chi connectivity index (χ0) is 10.7. The predicted octanol–water partition coefficient (Wildman–Crippen LogP) is 1.78. The van der Waals surface area contributed by atoms with E-state index in [9.17, 15) is 9.59 Å². The van der Waals surface area contributed by atoms with E-state index in [0.29, 0.717) is 3.57 Å². The van der Waals surface area contributed by atoms with Crippen LogP contribution in [0.25, 0.3) is 0 Å². The zero-order valence-electron chi connectivity index (χ0n) is 7.28. The molecule has 0 heterocycles. The maximum atomic E-state index is 11.2. The Bertz CT molecular complexity index is 386. The third kappa shape index (κ3) is 2.03. The summed E-state index contributed by atoms with van der Waals surface area (Å²) in [6.45, 7) is 0. The first-order chi connectivity index (χ1) is 6.57. The summed E-state index contributed by atoms with van der Waals surface area (Å²) < 4.78 is 4.99. The van der Waals surface area contributed by atoms with Gasteiger partial charge in [-0.1, -0.05) is 6.07 Å². The van der Waals surface area contributed by atoms with E-state index >= 15 is 0 Å². The number of rotatable bonds is 2. The minimum Gasteiger partial charge on any atom is -0.478 e. The minimum atomic E-state index is -1.13. The maximum absolute atomic E-state index is 11.2. The fraction of sp³-hybridized carbons (Fsp3) is 0.111. The highest BCUT2D eigenvalue weighted by Gasteiger charge is 2.19. The lowest BCUT2D eigenvalue weighted by molar-refractivity contribution is 0.0582. The lowest BCUT2D eigenvalue weighted by Crippen LogP contribution is -2.11. The Kier molecular flexibility index (Phi) is 3.45. The smallest absolute Gasteiger partial charge is 0.338 e. The molecular weight excluding hydrogens is 299 g/mol. The van der Waals surface area contributed by atoms with E-state index in [-0.39, 0.29) is 11.1 Å². The van der Waals surface area contributed by atoms with Gasteiger partial charge in [0.25, 0.3) is 0 Å². The van der Waals surface area contributed by atoms with Crippen molar-refractivity contribution in [3.8, 4) is 0 Å². The van der Waals surface area contributed by atoms with E-state index in [1.54, 1.807) is 12.1 Å². The van der Waals surface area contributed by atoms with E-state index in [0.717, 1.165) is 0 Å². The Balaban J connectivity index is 3.35. The normalized spacial score (nSPS) is 9.57. The van der Waals surface area contributed by atoms with Gasteiger partial charge in [0.15, 0.2) is 0 Å². The fourth-order valence-corrected chi connectivity index (χ4v) is 1.75. The molecule has 1 aromatic rings. The Labute approximate surface area is 94.0 Å². The molecule has 0 aliphatic rings. The molecule has 1 rings (SSSR count). The van der Waals surface area contributed by atoms with Crippen LogP contribution < -0.4 is 0 Å². The molecule has 0 bridgehead atoms. The first-order valence-corrected chi connectivity index (χ1v) is 4.76. The molecule has 0 radical (unpaired) electrons. The van der Waals surface area contributed by atoms with Gasteiger partial charge in [-0.25, -0.2) is 9.59 Å². The van der Waals surface area contributed by atoms with Gasteiger partial charge in [-0.05, 0) is 34.7 Å². The van der Waals surface area contributed by atoms with Crippen LogP contribution in [0.4, 0.5) is 0 Å². The second-order valence-electron chi connectivity index (χ2n) is 2.46. The van der Waals surface area contributed by atoms with Gasteiger partial charge in [0.1, 0.15) is 0 Å². The number of aromatic carboxylic acids is 1. The number of ether oxygens (including phenoxy) is 1. The molecule has 0 aliphatic heterocycles. The Morgan fingerprint density at radius 2 is 2.07 bits per heavy atom. The molecule has 0 saturated carbocycles. The number of carbonyl (C=O) groups excluding carboxylic acids is 1. The van der Waals surface area contributed by atoms with E-state index < -0.39 is 11.9 Å². The van der Waals surface area contributed by atoms with Crippen LogP contribution in [-0.4, -0.2) is 24.2 Å². The van der Waals surface area contributed by atoms with Crippen LogP contribution >= 0.6 is 22.6 Å². The number of hydrogen-bond donors (Lipinski definition) is 1. The third-order valence-corrected chi connectivity index (χ3v) is 2.53. The number of carbonyl (C=O) groups is 2. The first kappa shape index (κ1) is 11.0. The molecule has 4 nitrogen and oxygen atoms in total. The average molecular weight is 306 g/mol. The molecule has 0 aliphatic carbocycles. The Morgan fingerprint density at radius 3 is 2.57 bits per heavy atom. The van der Waals surface area contributed by atoms with Crippen LogP contribution in [0.3, 0.4) is 0 Å². The second-order valence-corrected chi connectivity index (χ2v) is 3.62. The van der Waals surface area contributed by atoms with Crippen LogP contribution in [0.2, 0.25) is 0 Å². The first-order valence-electron chi connectivity index (χ1n) is 3.68. The molecule has 0 spiro atoms. The Morgan fingerprint density at radius 1 is 1.43 bits per heavy atom. The van der Waals surface area contributed by atoms with Gasteiger partial charge >= 0.3 is 11.9 Å². The topological polar surface area (TPSA) is 63.6 Å². The highest BCUT2D eigenvalue weighted by molar-refractivity contribution is 14.1. The van der Waals surface area contributed by atoms with Gasteiger partial charge in [0.2, 0.25) is 0 Å². The van der Waals surface area contributed by atoms with Crippen molar-refractivity contribution in [1.29, 1.82) is 0 Å². The largest absolute Gasteiger partial charge is 0.478 e. The van der Waals surface area contributed by atoms with E-state index in [4.69, 9.17) is 5.11 Å². The molecule has 0 saturated heterocycles. The van der Waals surface area contributed by atoms with Gasteiger partial charge < -0.3 is 9.84 Å². The quantitative estimate of drug-likeness (QED) is 0.668. The molecule has 0 fully saturated rings. The third-order valence-electron chi connectivity index (χ3n) is 1.63. The van der Waals surface area contributed by atoms with Crippen molar-refractivity contribution < 1.29 is 19.4 Å². The lowest BCUT2D eigenvalue weighted by atomic mass is 10.1. The van der Waals surface area contributed by atoms with E-state index in [1.807, 2.05) is 22.6 Å². The Hall–Kier alpha value is -1.11. The SMILES string of the molecule is COC(=O)c1cccc(I)c1C(=O)O. The van der Waals surface area contributed by atoms with Gasteiger partial charge in [-0.15, -0.1) is 0 Å². The molecule has 0 unspecified atom stereocenters. The summed E-state index contributed by atoms with van der Waals surface area (Å²) in [5.41, 5.74) is 0.0619. The summed E-state index contributed by atoms with van der Waals surface area (Å²) >= 11 is 1.86. The number of methoxy groups -OCH3 is 1. The number of carboxylic acid groups (broad SMARTS) is 1. The van der Waals surface area contributed by atoms with Crippen molar-refractivity contribution in [3.05, 3.63) is 32.9 Å². The summed E-state index contributed by atoms with van der Waals surface area (Å²) in [7, 11) is 1.22. The summed E-state index contributed by atoms with van der Waals surface area (Å²) in [6, 6.07) is 4.66. The highest BCUT2D eigenvalue weighted by atomic mass is 127. The van der Waals surface area contributed by atoms with Crippen molar-refractivity contribution >= 4 is 34.5 Å². The molecule has 1 aromatic carbocycles. The average Bonchev–Trinajstić information content (AvgIpc) is 2.15. The number of carboxylic acids is 1. The van der Waals surface area contributed by atoms with Crippen molar-refractivity contribution in [2.75, 3.05) is 7.11 Å². The van der Waals surface area contributed by atoms with Gasteiger partial charge in [-0.2, -0.15) is 0 Å². The summed E-state index contributed by atoms with van der Waals surface area (Å²) in [4.78, 5) is 22.1. The standard InChI is InChI=1S/C9H7IO4/c1-14-9(13)5-3-2-4-6(10)7(5)8(11)12/h2-4H,1H3,(H,11,12). The van der Waals surface area contributed by atoms with Crippen LogP contribution in [-0.2, 0) is 4.74 Å². The number of benzene rings is 1. The zero-order valence-corrected chi connectivity index (χ0v) is 9.44.